The van der Waals surface area contributed by atoms with Crippen LogP contribution in [0.3, 0.4) is 0 Å². The van der Waals surface area contributed by atoms with E-state index in [9.17, 15) is 14.9 Å². The third kappa shape index (κ3) is 2.48. The zero-order valence-corrected chi connectivity index (χ0v) is 9.68. The molecule has 1 aliphatic heterocycles. The van der Waals surface area contributed by atoms with Gasteiger partial charge in [-0.25, -0.2) is 0 Å². The maximum Gasteiger partial charge on any atom is 0.270 e. The smallest absolute Gasteiger partial charge is 0.270 e. The van der Waals surface area contributed by atoms with Crippen molar-refractivity contribution in [3.8, 4) is 0 Å². The van der Waals surface area contributed by atoms with Crippen molar-refractivity contribution in [2.24, 2.45) is 5.16 Å². The topological polar surface area (TPSA) is 105 Å². The second kappa shape index (κ2) is 4.88. The van der Waals surface area contributed by atoms with E-state index in [-0.39, 0.29) is 10.9 Å². The summed E-state index contributed by atoms with van der Waals surface area (Å²) in [5, 5.41) is 24.4. The van der Waals surface area contributed by atoms with Gasteiger partial charge in [-0.2, -0.15) is 0 Å². The molecule has 0 aliphatic carbocycles. The quantitative estimate of drug-likeness (QED) is 0.365. The largest absolute Gasteiger partial charge is 0.409 e. The van der Waals surface area contributed by atoms with E-state index in [0.717, 1.165) is 11.8 Å². The molecule has 2 N–H and O–H groups in total. The third-order valence-corrected chi connectivity index (χ3v) is 3.02. The lowest BCUT2D eigenvalue weighted by Gasteiger charge is -1.95. The molecule has 8 heteroatoms. The highest BCUT2D eigenvalue weighted by atomic mass is 32.2. The van der Waals surface area contributed by atoms with Crippen LogP contribution < -0.4 is 5.32 Å². The Balaban J connectivity index is 2.31. The monoisotopic (exact) mass is 265 g/mol. The summed E-state index contributed by atoms with van der Waals surface area (Å²) in [6.45, 7) is 0. The van der Waals surface area contributed by atoms with Crippen LogP contribution in [0.2, 0.25) is 0 Å². The van der Waals surface area contributed by atoms with Gasteiger partial charge in [0.05, 0.1) is 9.83 Å². The third-order valence-electron chi connectivity index (χ3n) is 2.12. The van der Waals surface area contributed by atoms with E-state index < -0.39 is 10.8 Å². The molecule has 1 saturated heterocycles. The van der Waals surface area contributed by atoms with Gasteiger partial charge in [-0.05, 0) is 23.4 Å². The summed E-state index contributed by atoms with van der Waals surface area (Å²) >= 11 is 0.958. The summed E-state index contributed by atoms with van der Waals surface area (Å²) in [5.41, 5.74) is 0.477. The van der Waals surface area contributed by atoms with Crippen LogP contribution in [0.15, 0.2) is 34.3 Å². The number of nitrogens with one attached hydrogen (secondary N) is 1. The van der Waals surface area contributed by atoms with E-state index in [4.69, 9.17) is 5.21 Å². The minimum atomic E-state index is -0.509. The number of non-ortho nitro benzene ring substituents is 1. The number of hydrogen-bond donors (Lipinski definition) is 2. The molecule has 1 amide bonds. The number of rotatable bonds is 2. The molecule has 0 spiro atoms. The lowest BCUT2D eigenvalue weighted by molar-refractivity contribution is -0.384. The molecular formula is C10H7N3O4S. The highest BCUT2D eigenvalue weighted by Gasteiger charge is 2.24. The molecule has 92 valence electrons. The fourth-order valence-corrected chi connectivity index (χ4v) is 2.09. The van der Waals surface area contributed by atoms with Crippen LogP contribution in [0.1, 0.15) is 5.56 Å². The van der Waals surface area contributed by atoms with Crippen LogP contribution in [0.5, 0.6) is 0 Å². The van der Waals surface area contributed by atoms with E-state index in [1.165, 1.54) is 24.3 Å². The van der Waals surface area contributed by atoms with Gasteiger partial charge in [0.1, 0.15) is 0 Å². The SMILES string of the molecule is O=C1N/C(=N\O)SC1=Cc1cccc([N+](=O)[O-])c1. The summed E-state index contributed by atoms with van der Waals surface area (Å²) in [7, 11) is 0. The Bertz CT molecular complexity index is 582. The van der Waals surface area contributed by atoms with Crippen molar-refractivity contribution < 1.29 is 14.9 Å². The van der Waals surface area contributed by atoms with Crippen LogP contribution in [0.25, 0.3) is 6.08 Å². The number of nitro benzene ring substituents is 1. The van der Waals surface area contributed by atoms with Crippen molar-refractivity contribution in [1.82, 2.24) is 5.32 Å². The number of oxime groups is 1. The van der Waals surface area contributed by atoms with Gasteiger partial charge >= 0.3 is 0 Å². The molecule has 0 atom stereocenters. The van der Waals surface area contributed by atoms with Crippen molar-refractivity contribution in [2.75, 3.05) is 0 Å². The molecule has 1 fully saturated rings. The average Bonchev–Trinajstić information content (AvgIpc) is 2.70. The van der Waals surface area contributed by atoms with Crippen LogP contribution in [0.4, 0.5) is 5.69 Å². The van der Waals surface area contributed by atoms with Gasteiger partial charge in [-0.1, -0.05) is 17.3 Å². The summed E-state index contributed by atoms with van der Waals surface area (Å²) in [6, 6.07) is 5.89. The van der Waals surface area contributed by atoms with Gasteiger partial charge in [0, 0.05) is 12.1 Å². The van der Waals surface area contributed by atoms with Crippen molar-refractivity contribution in [3.05, 3.63) is 44.8 Å². The fourth-order valence-electron chi connectivity index (χ4n) is 1.35. The molecule has 7 nitrogen and oxygen atoms in total. The number of thioether (sulfide) groups is 1. The van der Waals surface area contributed by atoms with Crippen LogP contribution in [-0.2, 0) is 4.79 Å². The maximum atomic E-state index is 11.4. The van der Waals surface area contributed by atoms with Gasteiger partial charge in [0.2, 0.25) is 5.17 Å². The molecule has 2 rings (SSSR count). The maximum absolute atomic E-state index is 11.4. The predicted octanol–water partition coefficient (Wildman–Crippen LogP) is 1.54. The highest BCUT2D eigenvalue weighted by Crippen LogP contribution is 2.26. The first-order valence-electron chi connectivity index (χ1n) is 4.77. The summed E-state index contributed by atoms with van der Waals surface area (Å²) in [4.78, 5) is 21.8. The van der Waals surface area contributed by atoms with Crippen LogP contribution >= 0.6 is 11.8 Å². The lowest BCUT2D eigenvalue weighted by atomic mass is 10.2. The molecule has 0 bridgehead atoms. The Labute approximate surface area is 105 Å². The number of carbonyl (C=O) groups is 1. The van der Waals surface area contributed by atoms with Gasteiger partial charge in [0.25, 0.3) is 11.6 Å². The van der Waals surface area contributed by atoms with Gasteiger partial charge in [0.15, 0.2) is 0 Å². The van der Waals surface area contributed by atoms with Crippen LogP contribution in [0, 0.1) is 10.1 Å². The molecule has 1 heterocycles. The number of nitrogens with zero attached hydrogens (tertiary/aromatic N) is 2. The van der Waals surface area contributed by atoms with Crippen molar-refractivity contribution in [1.29, 1.82) is 0 Å². The van der Waals surface area contributed by atoms with E-state index in [1.54, 1.807) is 6.07 Å². The molecule has 1 aromatic carbocycles. The Hall–Kier alpha value is -2.35. The Morgan fingerprint density at radius 1 is 1.50 bits per heavy atom. The molecule has 0 saturated carbocycles. The molecule has 1 aliphatic rings. The van der Waals surface area contributed by atoms with Gasteiger partial charge in [-0.3, -0.25) is 20.2 Å². The van der Waals surface area contributed by atoms with E-state index in [0.29, 0.717) is 10.5 Å². The summed E-state index contributed by atoms with van der Waals surface area (Å²) in [5.74, 6) is -0.403. The van der Waals surface area contributed by atoms with Crippen molar-refractivity contribution in [2.45, 2.75) is 0 Å². The predicted molar refractivity (Wildman–Crippen MR) is 66.0 cm³/mol. The highest BCUT2D eigenvalue weighted by molar-refractivity contribution is 8.18. The average molecular weight is 265 g/mol. The minimum absolute atomic E-state index is 0.0520. The molecular weight excluding hydrogens is 258 g/mol. The second-order valence-corrected chi connectivity index (χ2v) is 4.35. The normalized spacial score (nSPS) is 19.2. The standard InChI is InChI=1S/C10H7N3O4S/c14-9-8(18-10(11-9)12-15)5-6-2-1-3-7(4-6)13(16)17/h1-5,15H,(H,11,12,14). The Morgan fingerprint density at radius 3 is 2.89 bits per heavy atom. The van der Waals surface area contributed by atoms with Gasteiger partial charge in [-0.15, -0.1) is 0 Å². The number of amidine groups is 1. The zero-order valence-electron chi connectivity index (χ0n) is 8.86. The number of nitro groups is 1. The Kier molecular flexibility index (Phi) is 3.28. The van der Waals surface area contributed by atoms with E-state index >= 15 is 0 Å². The number of carbonyl (C=O) groups excluding carboxylic acids is 1. The van der Waals surface area contributed by atoms with Gasteiger partial charge < -0.3 is 5.21 Å². The molecule has 0 radical (unpaired) electrons. The first-order valence-corrected chi connectivity index (χ1v) is 5.59. The molecule has 0 unspecified atom stereocenters. The summed E-state index contributed by atoms with van der Waals surface area (Å²) in [6.07, 6.45) is 1.49. The number of benzene rings is 1. The number of amides is 1. The van der Waals surface area contributed by atoms with E-state index in [2.05, 4.69) is 10.5 Å². The Morgan fingerprint density at radius 2 is 2.28 bits per heavy atom. The fraction of sp³-hybridized carbons (Fsp3) is 0. The molecule has 0 aromatic heterocycles. The number of hydrogen-bond acceptors (Lipinski definition) is 6. The summed E-state index contributed by atoms with van der Waals surface area (Å²) < 4.78 is 0. The minimum Gasteiger partial charge on any atom is -0.409 e. The first kappa shape index (κ1) is 12.1. The lowest BCUT2D eigenvalue weighted by Crippen LogP contribution is -2.19. The van der Waals surface area contributed by atoms with E-state index in [1.807, 2.05) is 0 Å². The van der Waals surface area contributed by atoms with Crippen LogP contribution in [-0.4, -0.2) is 21.2 Å². The van der Waals surface area contributed by atoms with Crippen molar-refractivity contribution >= 4 is 34.6 Å². The first-order chi connectivity index (χ1) is 8.60. The van der Waals surface area contributed by atoms with Crippen molar-refractivity contribution in [3.63, 3.8) is 0 Å². The molecule has 18 heavy (non-hydrogen) atoms. The molecule has 1 aromatic rings. The second-order valence-electron chi connectivity index (χ2n) is 3.32. The zero-order chi connectivity index (χ0) is 13.1.